The number of nitrogens with one attached hydrogen (secondary N) is 1. The van der Waals surface area contributed by atoms with E-state index < -0.39 is 5.91 Å². The van der Waals surface area contributed by atoms with Crippen LogP contribution in [-0.4, -0.2) is 23.7 Å². The van der Waals surface area contributed by atoms with Gasteiger partial charge in [-0.25, -0.2) is 4.98 Å². The smallest absolute Gasteiger partial charge is 0.280 e. The molecule has 20 heavy (non-hydrogen) atoms. The van der Waals surface area contributed by atoms with Crippen LogP contribution in [0.5, 0.6) is 0 Å². The minimum absolute atomic E-state index is 0. The van der Waals surface area contributed by atoms with Crippen molar-refractivity contribution in [3.63, 3.8) is 0 Å². The van der Waals surface area contributed by atoms with E-state index in [1.165, 1.54) is 18.4 Å². The molecule has 8 heteroatoms. The van der Waals surface area contributed by atoms with Gasteiger partial charge in [-0.15, -0.1) is 23.7 Å². The van der Waals surface area contributed by atoms with E-state index >= 15 is 0 Å². The number of carbonyl (C=O) groups is 1. The van der Waals surface area contributed by atoms with Gasteiger partial charge in [0.2, 0.25) is 0 Å². The molecule has 3 N–H and O–H groups in total. The predicted octanol–water partition coefficient (Wildman–Crippen LogP) is 2.14. The molecule has 0 unspecified atom stereocenters. The first-order chi connectivity index (χ1) is 9.20. The second kappa shape index (κ2) is 7.46. The Morgan fingerprint density at radius 2 is 2.10 bits per heavy atom. The SMILES string of the molecule is CO/N=C(\C(=O)Nc1ccccc1)c1csc(N)n1.Cl. The van der Waals surface area contributed by atoms with Crippen molar-refractivity contribution in [3.8, 4) is 0 Å². The summed E-state index contributed by atoms with van der Waals surface area (Å²) in [6.07, 6.45) is 0. The van der Waals surface area contributed by atoms with E-state index in [2.05, 4.69) is 20.3 Å². The van der Waals surface area contributed by atoms with Crippen LogP contribution in [0.4, 0.5) is 10.8 Å². The third-order valence-electron chi connectivity index (χ3n) is 2.19. The number of nitrogens with two attached hydrogens (primary N) is 1. The molecular weight excluding hydrogens is 300 g/mol. The molecule has 1 amide bonds. The Morgan fingerprint density at radius 1 is 1.40 bits per heavy atom. The number of thiazole rings is 1. The summed E-state index contributed by atoms with van der Waals surface area (Å²) >= 11 is 1.23. The molecule has 0 fully saturated rings. The molecule has 0 aliphatic rings. The third-order valence-corrected chi connectivity index (χ3v) is 2.87. The number of aromatic nitrogens is 1. The number of nitrogen functional groups attached to an aromatic ring is 1. The number of anilines is 2. The molecule has 1 aromatic carbocycles. The molecule has 2 rings (SSSR count). The van der Waals surface area contributed by atoms with Crippen LogP contribution >= 0.6 is 23.7 Å². The van der Waals surface area contributed by atoms with E-state index in [-0.39, 0.29) is 18.1 Å². The van der Waals surface area contributed by atoms with Gasteiger partial charge in [-0.3, -0.25) is 4.79 Å². The lowest BCUT2D eigenvalue weighted by atomic mass is 10.2. The van der Waals surface area contributed by atoms with E-state index in [0.717, 1.165) is 0 Å². The first-order valence-corrected chi connectivity index (χ1v) is 6.27. The molecule has 0 radical (unpaired) electrons. The summed E-state index contributed by atoms with van der Waals surface area (Å²) in [6.45, 7) is 0. The molecule has 0 atom stereocenters. The van der Waals surface area contributed by atoms with E-state index in [9.17, 15) is 4.79 Å². The predicted molar refractivity (Wildman–Crippen MR) is 82.4 cm³/mol. The van der Waals surface area contributed by atoms with Crippen LogP contribution in [0, 0.1) is 0 Å². The van der Waals surface area contributed by atoms with Crippen molar-refractivity contribution in [2.24, 2.45) is 5.16 Å². The highest BCUT2D eigenvalue weighted by atomic mass is 35.5. The molecule has 6 nitrogen and oxygen atoms in total. The van der Waals surface area contributed by atoms with E-state index in [1.807, 2.05) is 18.2 Å². The lowest BCUT2D eigenvalue weighted by Crippen LogP contribution is -2.24. The van der Waals surface area contributed by atoms with Crippen LogP contribution in [0.1, 0.15) is 5.69 Å². The number of amides is 1. The summed E-state index contributed by atoms with van der Waals surface area (Å²) in [5.41, 5.74) is 6.68. The highest BCUT2D eigenvalue weighted by Gasteiger charge is 2.18. The maximum Gasteiger partial charge on any atom is 0.280 e. The van der Waals surface area contributed by atoms with E-state index in [0.29, 0.717) is 16.5 Å². The van der Waals surface area contributed by atoms with Crippen LogP contribution in [0.3, 0.4) is 0 Å². The van der Waals surface area contributed by atoms with Gasteiger partial charge in [0.05, 0.1) is 0 Å². The first-order valence-electron chi connectivity index (χ1n) is 5.39. The van der Waals surface area contributed by atoms with Crippen molar-refractivity contribution in [2.45, 2.75) is 0 Å². The molecular formula is C12H13ClN4O2S. The molecule has 1 aromatic heterocycles. The number of hydrogen-bond donors (Lipinski definition) is 2. The number of rotatable bonds is 4. The van der Waals surface area contributed by atoms with Gasteiger partial charge in [0.25, 0.3) is 5.91 Å². The monoisotopic (exact) mass is 312 g/mol. The summed E-state index contributed by atoms with van der Waals surface area (Å²) in [6, 6.07) is 9.06. The number of halogens is 1. The summed E-state index contributed by atoms with van der Waals surface area (Å²) < 4.78 is 0. The summed E-state index contributed by atoms with van der Waals surface area (Å²) in [7, 11) is 1.37. The number of carbonyl (C=O) groups excluding carboxylic acids is 1. The number of hydrogen-bond acceptors (Lipinski definition) is 6. The number of oxime groups is 1. The second-order valence-corrected chi connectivity index (χ2v) is 4.40. The molecule has 106 valence electrons. The average molecular weight is 313 g/mol. The van der Waals surface area contributed by atoms with Crippen molar-refractivity contribution in [1.82, 2.24) is 4.98 Å². The van der Waals surface area contributed by atoms with Gasteiger partial charge in [-0.05, 0) is 12.1 Å². The minimum atomic E-state index is -0.404. The normalized spacial score (nSPS) is 10.6. The Bertz CT molecular complexity index is 601. The molecule has 0 aliphatic heterocycles. The van der Waals surface area contributed by atoms with Gasteiger partial charge in [-0.2, -0.15) is 0 Å². The number of para-hydroxylation sites is 1. The zero-order valence-electron chi connectivity index (χ0n) is 10.6. The summed E-state index contributed by atoms with van der Waals surface area (Å²) in [5, 5.41) is 8.42. The van der Waals surface area contributed by atoms with Gasteiger partial charge in [-0.1, -0.05) is 23.4 Å². The van der Waals surface area contributed by atoms with Gasteiger partial charge in [0, 0.05) is 11.1 Å². The zero-order valence-corrected chi connectivity index (χ0v) is 12.2. The summed E-state index contributed by atoms with van der Waals surface area (Å²) in [5.74, 6) is -0.404. The molecule has 2 aromatic rings. The van der Waals surface area contributed by atoms with Crippen LogP contribution in [-0.2, 0) is 9.63 Å². The quantitative estimate of drug-likeness (QED) is 0.668. The Hall–Kier alpha value is -2.12. The van der Waals surface area contributed by atoms with Gasteiger partial charge >= 0.3 is 0 Å². The first kappa shape index (κ1) is 15.9. The molecule has 0 spiro atoms. The maximum atomic E-state index is 12.1. The fourth-order valence-corrected chi connectivity index (χ4v) is 1.95. The average Bonchev–Trinajstić information content (AvgIpc) is 2.83. The Morgan fingerprint density at radius 3 is 2.65 bits per heavy atom. The van der Waals surface area contributed by atoms with Gasteiger partial charge in [0.15, 0.2) is 10.8 Å². The number of nitrogens with zero attached hydrogens (tertiary/aromatic N) is 2. The van der Waals surface area contributed by atoms with Crippen LogP contribution < -0.4 is 11.1 Å². The van der Waals surface area contributed by atoms with E-state index in [1.54, 1.807) is 17.5 Å². The Kier molecular flexibility index (Phi) is 5.95. The van der Waals surface area contributed by atoms with Crippen LogP contribution in [0.15, 0.2) is 40.9 Å². The van der Waals surface area contributed by atoms with Crippen LogP contribution in [0.25, 0.3) is 0 Å². The van der Waals surface area contributed by atoms with E-state index in [4.69, 9.17) is 5.73 Å². The zero-order chi connectivity index (χ0) is 13.7. The van der Waals surface area contributed by atoms with Gasteiger partial charge < -0.3 is 15.9 Å². The molecule has 0 aliphatic carbocycles. The minimum Gasteiger partial charge on any atom is -0.398 e. The summed E-state index contributed by atoms with van der Waals surface area (Å²) in [4.78, 5) is 20.8. The molecule has 0 bridgehead atoms. The van der Waals surface area contributed by atoms with Crippen molar-refractivity contribution in [3.05, 3.63) is 41.4 Å². The van der Waals surface area contributed by atoms with Crippen molar-refractivity contribution < 1.29 is 9.63 Å². The number of benzene rings is 1. The van der Waals surface area contributed by atoms with Crippen LogP contribution in [0.2, 0.25) is 0 Å². The van der Waals surface area contributed by atoms with Gasteiger partial charge in [0.1, 0.15) is 12.8 Å². The van der Waals surface area contributed by atoms with Crippen molar-refractivity contribution in [2.75, 3.05) is 18.2 Å². The fraction of sp³-hybridized carbons (Fsp3) is 0.0833. The standard InChI is InChI=1S/C12H12N4O2S.ClH/c1-18-16-10(9-7-19-12(13)15-9)11(17)14-8-5-3-2-4-6-8;/h2-7H,1H3,(H2,13,15)(H,14,17);1H/b16-10-;. The highest BCUT2D eigenvalue weighted by Crippen LogP contribution is 2.13. The Labute approximate surface area is 126 Å². The molecule has 0 saturated heterocycles. The Balaban J connectivity index is 0.00000200. The second-order valence-electron chi connectivity index (χ2n) is 3.51. The third kappa shape index (κ3) is 3.94. The maximum absolute atomic E-state index is 12.1. The lowest BCUT2D eigenvalue weighted by molar-refractivity contribution is -0.110. The van der Waals surface area contributed by atoms with Crippen molar-refractivity contribution >= 4 is 46.2 Å². The topological polar surface area (TPSA) is 89.6 Å². The van der Waals surface area contributed by atoms with Crippen molar-refractivity contribution in [1.29, 1.82) is 0 Å². The largest absolute Gasteiger partial charge is 0.398 e. The molecule has 1 heterocycles. The fourth-order valence-electron chi connectivity index (χ4n) is 1.40. The highest BCUT2D eigenvalue weighted by molar-refractivity contribution is 7.13. The molecule has 0 saturated carbocycles. The lowest BCUT2D eigenvalue weighted by Gasteiger charge is -2.05.